The molecule has 0 bridgehead atoms. The zero-order valence-electron chi connectivity index (χ0n) is 17.6. The molecule has 0 spiro atoms. The second-order valence-electron chi connectivity index (χ2n) is 7.37. The van der Waals surface area contributed by atoms with E-state index in [-0.39, 0.29) is 18.2 Å². The Kier molecular flexibility index (Phi) is 6.50. The summed E-state index contributed by atoms with van der Waals surface area (Å²) in [5.41, 5.74) is 2.62. The van der Waals surface area contributed by atoms with Crippen molar-refractivity contribution in [2.75, 3.05) is 10.8 Å². The molecule has 3 aromatic rings. The van der Waals surface area contributed by atoms with Gasteiger partial charge in [-0.3, -0.25) is 4.79 Å². The van der Waals surface area contributed by atoms with Crippen molar-refractivity contribution in [1.82, 2.24) is 10.0 Å². The van der Waals surface area contributed by atoms with Crippen LogP contribution in [0.4, 0.5) is 5.69 Å². The summed E-state index contributed by atoms with van der Waals surface area (Å²) in [7, 11) is -3.96. The number of aliphatic hydroxyl groups is 1. The Hall–Kier alpha value is -3.98. The summed E-state index contributed by atoms with van der Waals surface area (Å²) < 4.78 is 33.7. The van der Waals surface area contributed by atoms with Crippen LogP contribution < -0.4 is 19.1 Å². The van der Waals surface area contributed by atoms with Gasteiger partial charge in [-0.1, -0.05) is 54.6 Å². The minimum atomic E-state index is -3.96. The van der Waals surface area contributed by atoms with Crippen molar-refractivity contribution in [2.24, 2.45) is 0 Å². The van der Waals surface area contributed by atoms with Gasteiger partial charge in [0.25, 0.3) is 5.91 Å². The first-order valence-corrected chi connectivity index (χ1v) is 11.7. The highest BCUT2D eigenvalue weighted by Gasteiger charge is 2.31. The van der Waals surface area contributed by atoms with Crippen LogP contribution >= 0.6 is 0 Å². The van der Waals surface area contributed by atoms with Gasteiger partial charge in [0.2, 0.25) is 5.88 Å². The molecule has 8 nitrogen and oxygen atoms in total. The molecule has 0 radical (unpaired) electrons. The number of hydrogen-bond acceptors (Lipinski definition) is 5. The number of anilines is 1. The zero-order valence-corrected chi connectivity index (χ0v) is 18.5. The van der Waals surface area contributed by atoms with E-state index in [0.29, 0.717) is 24.3 Å². The molecule has 1 aliphatic heterocycles. The molecule has 0 unspecified atom stereocenters. The van der Waals surface area contributed by atoms with Gasteiger partial charge in [0.1, 0.15) is 18.0 Å². The summed E-state index contributed by atoms with van der Waals surface area (Å²) in [4.78, 5) is 12.2. The number of ether oxygens (including phenoxy) is 1. The van der Waals surface area contributed by atoms with Crippen molar-refractivity contribution in [3.05, 3.63) is 108 Å². The van der Waals surface area contributed by atoms with Crippen LogP contribution in [0.3, 0.4) is 0 Å². The fourth-order valence-electron chi connectivity index (χ4n) is 3.35. The van der Waals surface area contributed by atoms with E-state index in [2.05, 4.69) is 5.32 Å². The smallest absolute Gasteiger partial charge is 0.330 e. The quantitative estimate of drug-likeness (QED) is 0.473. The van der Waals surface area contributed by atoms with E-state index in [1.165, 1.54) is 0 Å². The lowest BCUT2D eigenvalue weighted by Crippen LogP contribution is -2.30. The normalized spacial score (nSPS) is 14.3. The van der Waals surface area contributed by atoms with Gasteiger partial charge in [0.05, 0.1) is 6.20 Å². The first-order chi connectivity index (χ1) is 15.9. The van der Waals surface area contributed by atoms with Gasteiger partial charge in [0, 0.05) is 12.1 Å². The maximum atomic E-state index is 12.4. The lowest BCUT2D eigenvalue weighted by Gasteiger charge is -2.19. The molecular formula is C24H23N3O5S. The second-order valence-corrected chi connectivity index (χ2v) is 8.91. The van der Waals surface area contributed by atoms with Crippen LogP contribution in [0, 0.1) is 0 Å². The van der Waals surface area contributed by atoms with Crippen molar-refractivity contribution in [2.45, 2.75) is 13.0 Å². The van der Waals surface area contributed by atoms with E-state index in [0.717, 1.165) is 21.6 Å². The maximum absolute atomic E-state index is 12.4. The Balaban J connectivity index is 1.52. The highest BCUT2D eigenvalue weighted by atomic mass is 32.2. The first-order valence-electron chi connectivity index (χ1n) is 10.3. The number of nitrogens with zero attached hydrogens (tertiary/aromatic N) is 1. The molecule has 0 aliphatic carbocycles. The van der Waals surface area contributed by atoms with Crippen molar-refractivity contribution >= 4 is 21.8 Å². The average molecular weight is 466 g/mol. The average Bonchev–Trinajstić information content (AvgIpc) is 3.10. The van der Waals surface area contributed by atoms with Crippen LogP contribution in [-0.4, -0.2) is 26.0 Å². The number of aliphatic hydroxyl groups excluding tert-OH is 1. The molecular weight excluding hydrogens is 442 g/mol. The molecule has 3 N–H and O–H groups in total. The third-order valence-electron chi connectivity index (χ3n) is 4.97. The summed E-state index contributed by atoms with van der Waals surface area (Å²) >= 11 is 0. The lowest BCUT2D eigenvalue weighted by atomic mass is 10.1. The molecule has 33 heavy (non-hydrogen) atoms. The number of rotatable bonds is 8. The van der Waals surface area contributed by atoms with E-state index < -0.39 is 16.1 Å². The van der Waals surface area contributed by atoms with Gasteiger partial charge in [0.15, 0.2) is 0 Å². The number of carbonyl (C=O) groups excluding carboxylic acids is 1. The van der Waals surface area contributed by atoms with Crippen LogP contribution in [-0.2, 0) is 23.2 Å². The Labute approximate surface area is 192 Å². The third kappa shape index (κ3) is 5.45. The van der Waals surface area contributed by atoms with E-state index in [4.69, 9.17) is 4.74 Å². The van der Waals surface area contributed by atoms with Crippen molar-refractivity contribution < 1.29 is 23.1 Å². The van der Waals surface area contributed by atoms with Crippen LogP contribution in [0.25, 0.3) is 0 Å². The predicted molar refractivity (Wildman–Crippen MR) is 125 cm³/mol. The SMILES string of the molecule is O=C(NCCc1ccc(N2C=C(O)NS2(=O)=O)c(OCc2ccccc2)c1)c1ccccc1. The summed E-state index contributed by atoms with van der Waals surface area (Å²) in [6, 6.07) is 23.5. The highest BCUT2D eigenvalue weighted by Crippen LogP contribution is 2.34. The van der Waals surface area contributed by atoms with Crippen LogP contribution in [0.1, 0.15) is 21.5 Å². The minimum Gasteiger partial charge on any atom is -0.493 e. The fourth-order valence-corrected chi connectivity index (χ4v) is 4.41. The van der Waals surface area contributed by atoms with Crippen LogP contribution in [0.2, 0.25) is 0 Å². The minimum absolute atomic E-state index is 0.164. The topological polar surface area (TPSA) is 108 Å². The molecule has 170 valence electrons. The largest absolute Gasteiger partial charge is 0.493 e. The monoisotopic (exact) mass is 465 g/mol. The molecule has 1 heterocycles. The zero-order chi connectivity index (χ0) is 23.3. The Morgan fingerprint density at radius 1 is 0.970 bits per heavy atom. The summed E-state index contributed by atoms with van der Waals surface area (Å²) in [6.07, 6.45) is 1.60. The lowest BCUT2D eigenvalue weighted by molar-refractivity contribution is 0.0954. The molecule has 9 heteroatoms. The number of benzene rings is 3. The summed E-state index contributed by atoms with van der Waals surface area (Å²) in [6.45, 7) is 0.633. The van der Waals surface area contributed by atoms with Crippen molar-refractivity contribution in [3.8, 4) is 5.75 Å². The standard InChI is InChI=1S/C24H23N3O5S/c28-23-16-27(33(30,31)26-23)21-12-11-18(13-14-25-24(29)20-9-5-2-6-10-20)15-22(21)32-17-19-7-3-1-4-8-19/h1-12,15-16,26,28H,13-14,17H2,(H,25,29). The highest BCUT2D eigenvalue weighted by molar-refractivity contribution is 7.91. The van der Waals surface area contributed by atoms with Gasteiger partial charge in [-0.2, -0.15) is 8.42 Å². The molecule has 0 saturated carbocycles. The van der Waals surface area contributed by atoms with Crippen LogP contribution in [0.5, 0.6) is 5.75 Å². The Bertz CT molecular complexity index is 1260. The summed E-state index contributed by atoms with van der Waals surface area (Å²) in [5, 5.41) is 12.5. The molecule has 1 amide bonds. The van der Waals surface area contributed by atoms with Gasteiger partial charge in [-0.15, -0.1) is 0 Å². The number of carbonyl (C=O) groups is 1. The molecule has 0 fully saturated rings. The van der Waals surface area contributed by atoms with E-state index >= 15 is 0 Å². The Morgan fingerprint density at radius 3 is 2.33 bits per heavy atom. The van der Waals surface area contributed by atoms with Gasteiger partial charge in [-0.05, 0) is 41.8 Å². The van der Waals surface area contributed by atoms with E-state index in [1.54, 1.807) is 42.5 Å². The maximum Gasteiger partial charge on any atom is 0.330 e. The van der Waals surface area contributed by atoms with Crippen molar-refractivity contribution in [3.63, 3.8) is 0 Å². The van der Waals surface area contributed by atoms with E-state index in [1.807, 2.05) is 41.1 Å². The van der Waals surface area contributed by atoms with E-state index in [9.17, 15) is 18.3 Å². The molecule has 1 aliphatic rings. The number of amides is 1. The molecule has 3 aromatic carbocycles. The molecule has 0 atom stereocenters. The molecule has 4 rings (SSSR count). The Morgan fingerprint density at radius 2 is 1.67 bits per heavy atom. The van der Waals surface area contributed by atoms with Gasteiger partial charge < -0.3 is 15.2 Å². The van der Waals surface area contributed by atoms with Gasteiger partial charge >= 0.3 is 10.2 Å². The molecule has 0 saturated heterocycles. The predicted octanol–water partition coefficient (Wildman–Crippen LogP) is 3.25. The fraction of sp³-hybridized carbons (Fsp3) is 0.125. The van der Waals surface area contributed by atoms with Crippen LogP contribution in [0.15, 0.2) is 90.9 Å². The summed E-state index contributed by atoms with van der Waals surface area (Å²) in [5.74, 6) is -0.304. The third-order valence-corrected chi connectivity index (χ3v) is 6.25. The van der Waals surface area contributed by atoms with Gasteiger partial charge in [-0.25, -0.2) is 9.03 Å². The number of hydrogen-bond donors (Lipinski definition) is 3. The second kappa shape index (κ2) is 9.66. The van der Waals surface area contributed by atoms with Crippen molar-refractivity contribution in [1.29, 1.82) is 0 Å². The number of nitrogens with one attached hydrogen (secondary N) is 2. The first kappa shape index (κ1) is 22.2. The molecule has 0 aromatic heterocycles.